The van der Waals surface area contributed by atoms with Crippen LogP contribution in [0.2, 0.25) is 0 Å². The lowest BCUT2D eigenvalue weighted by molar-refractivity contribution is -0.118. The van der Waals surface area contributed by atoms with E-state index in [-0.39, 0.29) is 29.2 Å². The molecule has 2 aliphatic rings. The Morgan fingerprint density at radius 2 is 1.67 bits per heavy atom. The van der Waals surface area contributed by atoms with Crippen LogP contribution in [0, 0.1) is 11.8 Å². The lowest BCUT2D eigenvalue weighted by atomic mass is 10.0. The van der Waals surface area contributed by atoms with Gasteiger partial charge in [-0.05, 0) is 68.0 Å². The van der Waals surface area contributed by atoms with Crippen molar-refractivity contribution < 1.29 is 22.7 Å². The van der Waals surface area contributed by atoms with Crippen LogP contribution in [0.3, 0.4) is 0 Å². The second kappa shape index (κ2) is 9.93. The Bertz CT molecular complexity index is 1110. The summed E-state index contributed by atoms with van der Waals surface area (Å²) in [5, 5.41) is 5.55. The number of sulfonamides is 1. The number of nitrogens with zero attached hydrogens (tertiary/aromatic N) is 1. The summed E-state index contributed by atoms with van der Waals surface area (Å²) >= 11 is 0. The highest BCUT2D eigenvalue weighted by atomic mass is 32.2. The molecule has 0 spiro atoms. The van der Waals surface area contributed by atoms with E-state index in [2.05, 4.69) is 17.6 Å². The number of carbonyl (C=O) groups excluding carboxylic acids is 2. The van der Waals surface area contributed by atoms with Gasteiger partial charge in [0.15, 0.2) is 6.61 Å². The quantitative estimate of drug-likeness (QED) is 0.613. The van der Waals surface area contributed by atoms with E-state index in [1.807, 2.05) is 0 Å². The van der Waals surface area contributed by atoms with Gasteiger partial charge in [0, 0.05) is 36.4 Å². The van der Waals surface area contributed by atoms with Crippen LogP contribution in [-0.4, -0.2) is 44.2 Å². The van der Waals surface area contributed by atoms with Crippen molar-refractivity contribution in [2.24, 2.45) is 11.8 Å². The van der Waals surface area contributed by atoms with Crippen molar-refractivity contribution in [2.45, 2.75) is 37.5 Å². The molecule has 0 radical (unpaired) electrons. The Kier molecular flexibility index (Phi) is 6.99. The molecule has 2 aromatic rings. The van der Waals surface area contributed by atoms with Gasteiger partial charge in [-0.1, -0.05) is 13.0 Å². The topological polar surface area (TPSA) is 105 Å². The third-order valence-corrected chi connectivity index (χ3v) is 7.85. The molecular formula is C24H29N3O5S. The minimum Gasteiger partial charge on any atom is -0.484 e. The smallest absolute Gasteiger partial charge is 0.262 e. The molecule has 1 aliphatic carbocycles. The number of hydrogen-bond acceptors (Lipinski definition) is 5. The minimum atomic E-state index is -3.53. The molecular weight excluding hydrogens is 442 g/mol. The number of carbonyl (C=O) groups is 2. The Hall–Kier alpha value is -2.91. The average molecular weight is 472 g/mol. The molecule has 8 nitrogen and oxygen atoms in total. The van der Waals surface area contributed by atoms with E-state index < -0.39 is 10.0 Å². The number of rotatable bonds is 8. The standard InChI is InChI=1S/C24H29N3O5S/c1-17-11-13-27(14-12-17)33(30,31)22-9-7-19(8-10-22)25-23(28)16-32-21-4-2-3-20(15-21)26-24(29)18-5-6-18/h2-4,7-10,15,17-18H,5-6,11-14,16H2,1H3,(H,25,28)(H,26,29). The van der Waals surface area contributed by atoms with Gasteiger partial charge in [-0.15, -0.1) is 0 Å². The van der Waals surface area contributed by atoms with Crippen LogP contribution in [0.4, 0.5) is 11.4 Å². The van der Waals surface area contributed by atoms with Gasteiger partial charge in [0.05, 0.1) is 4.90 Å². The van der Waals surface area contributed by atoms with Crippen molar-refractivity contribution in [1.82, 2.24) is 4.31 Å². The van der Waals surface area contributed by atoms with Crippen molar-refractivity contribution in [1.29, 1.82) is 0 Å². The van der Waals surface area contributed by atoms with Gasteiger partial charge in [-0.25, -0.2) is 8.42 Å². The van der Waals surface area contributed by atoms with Crippen LogP contribution >= 0.6 is 0 Å². The molecule has 1 aliphatic heterocycles. The summed E-state index contributed by atoms with van der Waals surface area (Å²) in [5.41, 5.74) is 1.12. The molecule has 4 rings (SSSR count). The molecule has 0 bridgehead atoms. The molecule has 0 unspecified atom stereocenters. The fourth-order valence-electron chi connectivity index (χ4n) is 3.68. The highest BCUT2D eigenvalue weighted by Crippen LogP contribution is 2.30. The molecule has 2 amide bonds. The van der Waals surface area contributed by atoms with Gasteiger partial charge in [0.2, 0.25) is 15.9 Å². The highest BCUT2D eigenvalue weighted by Gasteiger charge is 2.30. The largest absolute Gasteiger partial charge is 0.484 e. The maximum absolute atomic E-state index is 12.8. The fraction of sp³-hybridized carbons (Fsp3) is 0.417. The van der Waals surface area contributed by atoms with Gasteiger partial charge in [-0.3, -0.25) is 9.59 Å². The number of amides is 2. The van der Waals surface area contributed by atoms with Crippen molar-refractivity contribution in [3.05, 3.63) is 48.5 Å². The summed E-state index contributed by atoms with van der Waals surface area (Å²) in [6.07, 6.45) is 3.58. The monoisotopic (exact) mass is 471 g/mol. The van der Waals surface area contributed by atoms with Crippen molar-refractivity contribution in [3.8, 4) is 5.75 Å². The molecule has 2 fully saturated rings. The fourth-order valence-corrected chi connectivity index (χ4v) is 5.15. The van der Waals surface area contributed by atoms with E-state index in [0.717, 1.165) is 25.7 Å². The molecule has 1 saturated heterocycles. The van der Waals surface area contributed by atoms with E-state index in [1.165, 1.54) is 16.4 Å². The van der Waals surface area contributed by atoms with E-state index in [4.69, 9.17) is 4.74 Å². The molecule has 9 heteroatoms. The number of ether oxygens (including phenoxy) is 1. The number of hydrogen-bond donors (Lipinski definition) is 2. The van der Waals surface area contributed by atoms with Gasteiger partial charge >= 0.3 is 0 Å². The summed E-state index contributed by atoms with van der Waals surface area (Å²) in [7, 11) is -3.53. The Morgan fingerprint density at radius 1 is 0.970 bits per heavy atom. The average Bonchev–Trinajstić information content (AvgIpc) is 3.64. The number of nitrogens with one attached hydrogen (secondary N) is 2. The Balaban J connectivity index is 1.29. The Labute approximate surface area is 194 Å². The predicted octanol–water partition coefficient (Wildman–Crippen LogP) is 3.47. The van der Waals surface area contributed by atoms with Crippen molar-refractivity contribution in [3.63, 3.8) is 0 Å². The highest BCUT2D eigenvalue weighted by molar-refractivity contribution is 7.89. The maximum Gasteiger partial charge on any atom is 0.262 e. The zero-order chi connectivity index (χ0) is 23.4. The molecule has 33 heavy (non-hydrogen) atoms. The lowest BCUT2D eigenvalue weighted by Crippen LogP contribution is -2.37. The summed E-state index contributed by atoms with van der Waals surface area (Å²) < 4.78 is 32.7. The first-order valence-corrected chi connectivity index (χ1v) is 12.7. The van der Waals surface area contributed by atoms with Crippen LogP contribution in [-0.2, 0) is 19.6 Å². The van der Waals surface area contributed by atoms with Crippen molar-refractivity contribution >= 4 is 33.2 Å². The summed E-state index contributed by atoms with van der Waals surface area (Å²) in [5.74, 6) is 0.745. The summed E-state index contributed by atoms with van der Waals surface area (Å²) in [4.78, 5) is 24.4. The molecule has 176 valence electrons. The normalized spacial score (nSPS) is 17.4. The Morgan fingerprint density at radius 3 is 2.33 bits per heavy atom. The maximum atomic E-state index is 12.8. The van der Waals surface area contributed by atoms with Gasteiger partial charge < -0.3 is 15.4 Å². The van der Waals surface area contributed by atoms with E-state index in [0.29, 0.717) is 36.1 Å². The predicted molar refractivity (Wildman–Crippen MR) is 126 cm³/mol. The first-order chi connectivity index (χ1) is 15.8. The van der Waals surface area contributed by atoms with E-state index >= 15 is 0 Å². The number of piperidine rings is 1. The third kappa shape index (κ3) is 6.11. The SMILES string of the molecule is CC1CCN(S(=O)(=O)c2ccc(NC(=O)COc3cccc(NC(=O)C4CC4)c3)cc2)CC1. The van der Waals surface area contributed by atoms with E-state index in [1.54, 1.807) is 36.4 Å². The molecule has 1 saturated carbocycles. The summed E-state index contributed by atoms with van der Waals surface area (Å²) in [6, 6.07) is 13.1. The van der Waals surface area contributed by atoms with Crippen LogP contribution in [0.5, 0.6) is 5.75 Å². The van der Waals surface area contributed by atoms with Crippen LogP contribution in [0.15, 0.2) is 53.4 Å². The number of benzene rings is 2. The van der Waals surface area contributed by atoms with Gasteiger partial charge in [0.25, 0.3) is 5.91 Å². The molecule has 1 heterocycles. The molecule has 2 N–H and O–H groups in total. The van der Waals surface area contributed by atoms with Gasteiger partial charge in [0.1, 0.15) is 5.75 Å². The second-order valence-electron chi connectivity index (χ2n) is 8.74. The van der Waals surface area contributed by atoms with E-state index in [9.17, 15) is 18.0 Å². The third-order valence-electron chi connectivity index (χ3n) is 5.94. The molecule has 2 aromatic carbocycles. The first-order valence-electron chi connectivity index (χ1n) is 11.2. The van der Waals surface area contributed by atoms with Crippen LogP contribution in [0.1, 0.15) is 32.6 Å². The first kappa shape index (κ1) is 23.3. The second-order valence-corrected chi connectivity index (χ2v) is 10.7. The van der Waals surface area contributed by atoms with Crippen LogP contribution < -0.4 is 15.4 Å². The van der Waals surface area contributed by atoms with Gasteiger partial charge in [-0.2, -0.15) is 4.31 Å². The minimum absolute atomic E-state index is 0.00481. The van der Waals surface area contributed by atoms with Crippen LogP contribution in [0.25, 0.3) is 0 Å². The number of anilines is 2. The zero-order valence-corrected chi connectivity index (χ0v) is 19.4. The van der Waals surface area contributed by atoms with Crippen molar-refractivity contribution in [2.75, 3.05) is 30.3 Å². The lowest BCUT2D eigenvalue weighted by Gasteiger charge is -2.29. The zero-order valence-electron chi connectivity index (χ0n) is 18.6. The molecule has 0 aromatic heterocycles. The summed E-state index contributed by atoms with van der Waals surface area (Å²) in [6.45, 7) is 2.98. The molecule has 0 atom stereocenters.